The van der Waals surface area contributed by atoms with Crippen molar-refractivity contribution in [2.24, 2.45) is 0 Å². The van der Waals surface area contributed by atoms with Gasteiger partial charge in [-0.2, -0.15) is 0 Å². The number of hydrogen-bond donors (Lipinski definition) is 2. The van der Waals surface area contributed by atoms with Gasteiger partial charge in [0, 0.05) is 37.6 Å². The summed E-state index contributed by atoms with van der Waals surface area (Å²) < 4.78 is 4.90. The Labute approximate surface area is 141 Å². The molecule has 6 heteroatoms. The maximum Gasteiger partial charge on any atom is 0.253 e. The van der Waals surface area contributed by atoms with Crippen LogP contribution in [0, 0.1) is 0 Å². The molecule has 0 fully saturated rings. The van der Waals surface area contributed by atoms with Crippen LogP contribution in [0.4, 0.5) is 5.69 Å². The molecule has 0 saturated carbocycles. The van der Waals surface area contributed by atoms with E-state index in [1.165, 1.54) is 0 Å². The molecule has 5 nitrogen and oxygen atoms in total. The molecule has 0 aliphatic carbocycles. The van der Waals surface area contributed by atoms with E-state index in [1.54, 1.807) is 25.6 Å². The SMILES string of the molecule is COCCNC(=O)c1cncc(NCCc2cccc(Cl)c2)c1. The van der Waals surface area contributed by atoms with Gasteiger partial charge in [-0.15, -0.1) is 0 Å². The van der Waals surface area contributed by atoms with Gasteiger partial charge in [0.25, 0.3) is 5.91 Å². The third kappa shape index (κ3) is 5.88. The van der Waals surface area contributed by atoms with E-state index < -0.39 is 0 Å². The first kappa shape index (κ1) is 17.2. The van der Waals surface area contributed by atoms with E-state index in [1.807, 2.05) is 24.3 Å². The Bertz CT molecular complexity index is 649. The van der Waals surface area contributed by atoms with Gasteiger partial charge >= 0.3 is 0 Å². The molecule has 1 amide bonds. The Kier molecular flexibility index (Phi) is 6.84. The molecule has 0 aliphatic rings. The number of nitrogens with one attached hydrogen (secondary N) is 2. The summed E-state index contributed by atoms with van der Waals surface area (Å²) in [5, 5.41) is 6.77. The molecular weight excluding hydrogens is 314 g/mol. The molecule has 2 aromatic rings. The van der Waals surface area contributed by atoms with Gasteiger partial charge in [-0.25, -0.2) is 0 Å². The van der Waals surface area contributed by atoms with E-state index in [9.17, 15) is 4.79 Å². The summed E-state index contributed by atoms with van der Waals surface area (Å²) in [4.78, 5) is 16.1. The van der Waals surface area contributed by atoms with Crippen LogP contribution in [0.3, 0.4) is 0 Å². The van der Waals surface area contributed by atoms with Crippen molar-refractivity contribution in [3.05, 3.63) is 58.9 Å². The highest BCUT2D eigenvalue weighted by Gasteiger charge is 2.06. The average Bonchev–Trinajstić information content (AvgIpc) is 2.55. The number of amides is 1. The topological polar surface area (TPSA) is 63.2 Å². The van der Waals surface area contributed by atoms with Crippen LogP contribution in [0.5, 0.6) is 0 Å². The van der Waals surface area contributed by atoms with E-state index in [-0.39, 0.29) is 5.91 Å². The zero-order chi connectivity index (χ0) is 16.5. The van der Waals surface area contributed by atoms with Crippen molar-refractivity contribution in [3.8, 4) is 0 Å². The van der Waals surface area contributed by atoms with Crippen molar-refractivity contribution in [1.82, 2.24) is 10.3 Å². The van der Waals surface area contributed by atoms with Crippen LogP contribution in [0.15, 0.2) is 42.7 Å². The number of anilines is 1. The lowest BCUT2D eigenvalue weighted by Gasteiger charge is -2.09. The molecule has 0 unspecified atom stereocenters. The first-order chi connectivity index (χ1) is 11.2. The summed E-state index contributed by atoms with van der Waals surface area (Å²) >= 11 is 5.96. The Balaban J connectivity index is 1.86. The lowest BCUT2D eigenvalue weighted by molar-refractivity contribution is 0.0937. The summed E-state index contributed by atoms with van der Waals surface area (Å²) in [5.41, 5.74) is 2.49. The van der Waals surface area contributed by atoms with E-state index in [2.05, 4.69) is 15.6 Å². The highest BCUT2D eigenvalue weighted by molar-refractivity contribution is 6.30. The minimum absolute atomic E-state index is 0.159. The van der Waals surface area contributed by atoms with Gasteiger partial charge in [-0.05, 0) is 30.2 Å². The van der Waals surface area contributed by atoms with Crippen LogP contribution in [0.1, 0.15) is 15.9 Å². The fourth-order valence-electron chi connectivity index (χ4n) is 2.07. The maximum atomic E-state index is 12.0. The number of nitrogens with zero attached hydrogens (tertiary/aromatic N) is 1. The van der Waals surface area contributed by atoms with Crippen molar-refractivity contribution >= 4 is 23.2 Å². The van der Waals surface area contributed by atoms with Crippen molar-refractivity contribution in [3.63, 3.8) is 0 Å². The third-order valence-corrected chi connectivity index (χ3v) is 3.46. The van der Waals surface area contributed by atoms with Crippen molar-refractivity contribution in [2.75, 3.05) is 32.1 Å². The molecule has 0 atom stereocenters. The summed E-state index contributed by atoms with van der Waals surface area (Å²) in [7, 11) is 1.60. The molecule has 1 aromatic heterocycles. The maximum absolute atomic E-state index is 12.0. The first-order valence-electron chi connectivity index (χ1n) is 7.39. The van der Waals surface area contributed by atoms with Crippen LogP contribution in [-0.2, 0) is 11.2 Å². The van der Waals surface area contributed by atoms with Gasteiger partial charge in [-0.1, -0.05) is 23.7 Å². The number of aromatic nitrogens is 1. The monoisotopic (exact) mass is 333 g/mol. The van der Waals surface area contributed by atoms with Crippen LogP contribution in [0.2, 0.25) is 5.02 Å². The number of ether oxygens (including phenoxy) is 1. The van der Waals surface area contributed by atoms with Crippen LogP contribution < -0.4 is 10.6 Å². The lowest BCUT2D eigenvalue weighted by Crippen LogP contribution is -2.27. The summed E-state index contributed by atoms with van der Waals surface area (Å²) in [5.74, 6) is -0.159. The van der Waals surface area contributed by atoms with E-state index in [4.69, 9.17) is 16.3 Å². The fraction of sp³-hybridized carbons (Fsp3) is 0.294. The van der Waals surface area contributed by atoms with Crippen molar-refractivity contribution < 1.29 is 9.53 Å². The highest BCUT2D eigenvalue weighted by Crippen LogP contribution is 2.12. The Hall–Kier alpha value is -2.11. The minimum Gasteiger partial charge on any atom is -0.383 e. The number of carbonyl (C=O) groups excluding carboxylic acids is 1. The lowest BCUT2D eigenvalue weighted by atomic mass is 10.1. The second kappa shape index (κ2) is 9.12. The molecule has 2 N–H and O–H groups in total. The van der Waals surface area contributed by atoms with Crippen molar-refractivity contribution in [1.29, 1.82) is 0 Å². The fourth-order valence-corrected chi connectivity index (χ4v) is 2.29. The normalized spacial score (nSPS) is 10.3. The van der Waals surface area contributed by atoms with Gasteiger partial charge in [-0.3, -0.25) is 9.78 Å². The van der Waals surface area contributed by atoms with E-state index >= 15 is 0 Å². The molecule has 1 heterocycles. The summed E-state index contributed by atoms with van der Waals surface area (Å²) in [6.45, 7) is 1.69. The highest BCUT2D eigenvalue weighted by atomic mass is 35.5. The van der Waals surface area contributed by atoms with Gasteiger partial charge in [0.05, 0.1) is 17.9 Å². The Morgan fingerprint density at radius 1 is 1.26 bits per heavy atom. The smallest absolute Gasteiger partial charge is 0.253 e. The molecule has 0 bridgehead atoms. The summed E-state index contributed by atoms with van der Waals surface area (Å²) in [6, 6.07) is 9.55. The largest absolute Gasteiger partial charge is 0.383 e. The van der Waals surface area contributed by atoms with Crippen LogP contribution in [0.25, 0.3) is 0 Å². The Morgan fingerprint density at radius 2 is 2.13 bits per heavy atom. The molecule has 2 rings (SSSR count). The second-order valence-electron chi connectivity index (χ2n) is 5.02. The van der Waals surface area contributed by atoms with Gasteiger partial charge in [0.15, 0.2) is 0 Å². The second-order valence-corrected chi connectivity index (χ2v) is 5.45. The number of benzene rings is 1. The third-order valence-electron chi connectivity index (χ3n) is 3.22. The molecular formula is C17H20ClN3O2. The zero-order valence-electron chi connectivity index (χ0n) is 13.0. The molecule has 0 aliphatic heterocycles. The molecule has 0 saturated heterocycles. The van der Waals surface area contributed by atoms with Crippen LogP contribution >= 0.6 is 11.6 Å². The average molecular weight is 334 g/mol. The molecule has 23 heavy (non-hydrogen) atoms. The Morgan fingerprint density at radius 3 is 2.91 bits per heavy atom. The summed E-state index contributed by atoms with van der Waals surface area (Å²) in [6.07, 6.45) is 4.08. The first-order valence-corrected chi connectivity index (χ1v) is 7.77. The van der Waals surface area contributed by atoms with Gasteiger partial charge < -0.3 is 15.4 Å². The van der Waals surface area contributed by atoms with E-state index in [0.717, 1.165) is 29.2 Å². The minimum atomic E-state index is -0.159. The predicted octanol–water partition coefficient (Wildman–Crippen LogP) is 2.77. The van der Waals surface area contributed by atoms with Gasteiger partial charge in [0.1, 0.15) is 0 Å². The van der Waals surface area contributed by atoms with Crippen molar-refractivity contribution in [2.45, 2.75) is 6.42 Å². The standard InChI is InChI=1S/C17H20ClN3O2/c1-23-8-7-21-17(22)14-10-16(12-19-11-14)20-6-5-13-3-2-4-15(18)9-13/h2-4,9-12,20H,5-8H2,1H3,(H,21,22). The zero-order valence-corrected chi connectivity index (χ0v) is 13.8. The van der Waals surface area contributed by atoms with Crippen LogP contribution in [-0.4, -0.2) is 37.7 Å². The predicted molar refractivity (Wildman–Crippen MR) is 92.1 cm³/mol. The number of halogens is 1. The van der Waals surface area contributed by atoms with Gasteiger partial charge in [0.2, 0.25) is 0 Å². The molecule has 0 radical (unpaired) electrons. The number of rotatable bonds is 8. The quantitative estimate of drug-likeness (QED) is 0.729. The molecule has 0 spiro atoms. The number of hydrogen-bond acceptors (Lipinski definition) is 4. The number of pyridine rings is 1. The molecule has 1 aromatic carbocycles. The van der Waals surface area contributed by atoms with E-state index in [0.29, 0.717) is 18.7 Å². The number of methoxy groups -OCH3 is 1. The number of carbonyl (C=O) groups is 1. The molecule has 122 valence electrons.